The molecule has 2 fully saturated rings. The Balaban J connectivity index is 1.53. The first-order valence-corrected chi connectivity index (χ1v) is 9.23. The maximum atomic E-state index is 12.8. The van der Waals surface area contributed by atoms with Gasteiger partial charge in [0.05, 0.1) is 5.92 Å². The van der Waals surface area contributed by atoms with Gasteiger partial charge in [0.2, 0.25) is 5.91 Å². The first-order valence-electron chi connectivity index (χ1n) is 8.47. The molecule has 0 aromatic heterocycles. The van der Waals surface area contributed by atoms with Gasteiger partial charge in [-0.2, -0.15) is 0 Å². The predicted octanol–water partition coefficient (Wildman–Crippen LogP) is 3.92. The van der Waals surface area contributed by atoms with Crippen molar-refractivity contribution < 1.29 is 4.79 Å². The molecule has 24 heavy (non-hydrogen) atoms. The Kier molecular flexibility index (Phi) is 5.24. The summed E-state index contributed by atoms with van der Waals surface area (Å²) in [6.07, 6.45) is 1.82. The molecule has 2 atom stereocenters. The molecule has 1 amide bonds. The van der Waals surface area contributed by atoms with Crippen molar-refractivity contribution in [2.75, 3.05) is 26.2 Å². The number of benzene rings is 1. The predicted molar refractivity (Wildman–Crippen MR) is 98.8 cm³/mol. The van der Waals surface area contributed by atoms with E-state index in [1.807, 2.05) is 17.0 Å². The zero-order valence-electron chi connectivity index (χ0n) is 14.2. The van der Waals surface area contributed by atoms with Gasteiger partial charge in [-0.1, -0.05) is 67.4 Å². The number of amides is 1. The summed E-state index contributed by atoms with van der Waals surface area (Å²) >= 11 is 11.6. The molecule has 0 spiro atoms. The molecule has 1 aliphatic carbocycles. The summed E-state index contributed by atoms with van der Waals surface area (Å²) in [6.45, 7) is 8.60. The number of carbonyl (C=O) groups is 1. The summed E-state index contributed by atoms with van der Waals surface area (Å²) < 4.78 is 0.260. The largest absolute Gasteiger partial charge is 0.340 e. The Morgan fingerprint density at radius 1 is 1.17 bits per heavy atom. The monoisotopic (exact) mass is 366 g/mol. The lowest BCUT2D eigenvalue weighted by atomic mass is 10.1. The van der Waals surface area contributed by atoms with Crippen LogP contribution in [-0.2, 0) is 11.3 Å². The van der Waals surface area contributed by atoms with Gasteiger partial charge in [0, 0.05) is 32.7 Å². The summed E-state index contributed by atoms with van der Waals surface area (Å²) in [5, 5.41) is 0. The first kappa shape index (κ1) is 17.8. The zero-order chi connectivity index (χ0) is 17.3. The van der Waals surface area contributed by atoms with E-state index in [1.54, 1.807) is 0 Å². The SMILES string of the molecule is CC1(C)[C@H](C=C(Cl)Cl)[C@@H]1C(=O)N1CCN(Cc2ccccc2)CC1. The van der Waals surface area contributed by atoms with E-state index >= 15 is 0 Å². The van der Waals surface area contributed by atoms with Crippen LogP contribution >= 0.6 is 23.2 Å². The molecule has 1 aromatic rings. The Labute approximate surface area is 154 Å². The van der Waals surface area contributed by atoms with Crippen molar-refractivity contribution in [1.29, 1.82) is 0 Å². The van der Waals surface area contributed by atoms with E-state index in [2.05, 4.69) is 43.0 Å². The Morgan fingerprint density at radius 3 is 2.38 bits per heavy atom. The van der Waals surface area contributed by atoms with Gasteiger partial charge < -0.3 is 4.90 Å². The molecule has 1 heterocycles. The van der Waals surface area contributed by atoms with E-state index in [0.717, 1.165) is 32.7 Å². The fraction of sp³-hybridized carbons (Fsp3) is 0.526. The van der Waals surface area contributed by atoms with Crippen LogP contribution in [0.15, 0.2) is 40.9 Å². The molecule has 2 aliphatic rings. The van der Waals surface area contributed by atoms with Crippen LogP contribution in [0.1, 0.15) is 19.4 Å². The lowest BCUT2D eigenvalue weighted by Crippen LogP contribution is -2.49. The maximum absolute atomic E-state index is 12.8. The normalized spacial score (nSPS) is 26.1. The highest BCUT2D eigenvalue weighted by molar-refractivity contribution is 6.55. The third kappa shape index (κ3) is 3.79. The fourth-order valence-electron chi connectivity index (χ4n) is 3.76. The number of rotatable bonds is 4. The number of carbonyl (C=O) groups excluding carboxylic acids is 1. The Morgan fingerprint density at radius 2 is 1.79 bits per heavy atom. The van der Waals surface area contributed by atoms with Crippen molar-refractivity contribution in [3.8, 4) is 0 Å². The van der Waals surface area contributed by atoms with E-state index in [-0.39, 0.29) is 27.6 Å². The maximum Gasteiger partial charge on any atom is 0.226 e. The van der Waals surface area contributed by atoms with Gasteiger partial charge in [-0.05, 0) is 23.0 Å². The standard InChI is InChI=1S/C19H24Cl2N2O/c1-19(2)15(12-16(20)21)17(19)18(24)23-10-8-22(9-11-23)13-14-6-4-3-5-7-14/h3-7,12,15,17H,8-11,13H2,1-2H3/t15-,17-/m1/s1. The molecule has 1 aromatic carbocycles. The molecule has 0 bridgehead atoms. The van der Waals surface area contributed by atoms with E-state index < -0.39 is 0 Å². The van der Waals surface area contributed by atoms with E-state index in [9.17, 15) is 4.79 Å². The van der Waals surface area contributed by atoms with Crippen LogP contribution in [-0.4, -0.2) is 41.9 Å². The van der Waals surface area contributed by atoms with Crippen LogP contribution in [0.5, 0.6) is 0 Å². The smallest absolute Gasteiger partial charge is 0.226 e. The van der Waals surface area contributed by atoms with Crippen LogP contribution < -0.4 is 0 Å². The number of nitrogens with zero attached hydrogens (tertiary/aromatic N) is 2. The lowest BCUT2D eigenvalue weighted by Gasteiger charge is -2.35. The zero-order valence-corrected chi connectivity index (χ0v) is 15.7. The minimum absolute atomic E-state index is 0.00525. The third-order valence-electron chi connectivity index (χ3n) is 5.42. The fourth-order valence-corrected chi connectivity index (χ4v) is 4.03. The number of allylic oxidation sites excluding steroid dienone is 1. The topological polar surface area (TPSA) is 23.6 Å². The third-order valence-corrected chi connectivity index (χ3v) is 5.67. The Bertz CT molecular complexity index is 618. The number of hydrogen-bond acceptors (Lipinski definition) is 2. The van der Waals surface area contributed by atoms with Gasteiger partial charge >= 0.3 is 0 Å². The molecule has 3 nitrogen and oxygen atoms in total. The van der Waals surface area contributed by atoms with Crippen molar-refractivity contribution in [1.82, 2.24) is 9.80 Å². The van der Waals surface area contributed by atoms with Crippen molar-refractivity contribution in [2.24, 2.45) is 17.3 Å². The minimum Gasteiger partial charge on any atom is -0.340 e. The average Bonchev–Trinajstić information content (AvgIpc) is 3.08. The number of hydrogen-bond donors (Lipinski definition) is 0. The summed E-state index contributed by atoms with van der Waals surface area (Å²) in [7, 11) is 0. The average molecular weight is 367 g/mol. The van der Waals surface area contributed by atoms with Crippen LogP contribution in [0, 0.1) is 17.3 Å². The summed E-state index contributed by atoms with van der Waals surface area (Å²) in [4.78, 5) is 17.2. The first-order chi connectivity index (χ1) is 11.4. The van der Waals surface area contributed by atoms with Gasteiger partial charge in [-0.25, -0.2) is 0 Å². The molecule has 1 saturated heterocycles. The second-order valence-corrected chi connectivity index (χ2v) is 8.38. The van der Waals surface area contributed by atoms with Crippen molar-refractivity contribution in [3.05, 3.63) is 46.5 Å². The highest BCUT2D eigenvalue weighted by Gasteiger charge is 2.61. The van der Waals surface area contributed by atoms with Crippen molar-refractivity contribution >= 4 is 29.1 Å². The van der Waals surface area contributed by atoms with Gasteiger partial charge in [-0.15, -0.1) is 0 Å². The quantitative estimate of drug-likeness (QED) is 0.805. The van der Waals surface area contributed by atoms with Gasteiger partial charge in [0.1, 0.15) is 4.49 Å². The van der Waals surface area contributed by atoms with E-state index in [4.69, 9.17) is 23.2 Å². The van der Waals surface area contributed by atoms with Gasteiger partial charge in [-0.3, -0.25) is 9.69 Å². The van der Waals surface area contributed by atoms with E-state index in [0.29, 0.717) is 0 Å². The molecular weight excluding hydrogens is 343 g/mol. The Hall–Kier alpha value is -1.03. The van der Waals surface area contributed by atoms with Gasteiger partial charge in [0.15, 0.2) is 0 Å². The number of halogens is 2. The molecule has 0 radical (unpaired) electrons. The highest BCUT2D eigenvalue weighted by Crippen LogP contribution is 2.60. The molecule has 3 rings (SSSR count). The summed E-state index contributed by atoms with van der Waals surface area (Å²) in [6, 6.07) is 10.5. The van der Waals surface area contributed by atoms with Gasteiger partial charge in [0.25, 0.3) is 0 Å². The van der Waals surface area contributed by atoms with Crippen LogP contribution in [0.4, 0.5) is 0 Å². The molecule has 0 unspecified atom stereocenters. The second kappa shape index (κ2) is 7.07. The number of piperazine rings is 1. The van der Waals surface area contributed by atoms with E-state index in [1.165, 1.54) is 5.56 Å². The minimum atomic E-state index is -0.0483. The highest BCUT2D eigenvalue weighted by atomic mass is 35.5. The van der Waals surface area contributed by atoms with Crippen LogP contribution in [0.2, 0.25) is 0 Å². The molecule has 1 aliphatic heterocycles. The van der Waals surface area contributed by atoms with Crippen LogP contribution in [0.3, 0.4) is 0 Å². The van der Waals surface area contributed by atoms with Crippen molar-refractivity contribution in [3.63, 3.8) is 0 Å². The molecule has 1 saturated carbocycles. The second-order valence-electron chi connectivity index (χ2n) is 7.37. The molecular formula is C19H24Cl2N2O. The summed E-state index contributed by atoms with van der Waals surface area (Å²) in [5.41, 5.74) is 1.27. The van der Waals surface area contributed by atoms with Crippen molar-refractivity contribution in [2.45, 2.75) is 20.4 Å². The molecule has 5 heteroatoms. The molecule has 0 N–H and O–H groups in total. The van der Waals surface area contributed by atoms with Crippen LogP contribution in [0.25, 0.3) is 0 Å². The lowest BCUT2D eigenvalue weighted by molar-refractivity contribution is -0.135. The summed E-state index contributed by atoms with van der Waals surface area (Å²) in [5.74, 6) is 0.401. The molecule has 130 valence electrons.